The lowest BCUT2D eigenvalue weighted by atomic mass is 10.2. The molecule has 0 spiro atoms. The topological polar surface area (TPSA) is 46.2 Å². The number of hydrogen-bond donors (Lipinski definition) is 1. The molecule has 1 aliphatic heterocycles. The van der Waals surface area contributed by atoms with Gasteiger partial charge in [-0.15, -0.1) is 11.8 Å². The van der Waals surface area contributed by atoms with Crippen LogP contribution >= 0.6 is 23.5 Å². The summed E-state index contributed by atoms with van der Waals surface area (Å²) in [6, 6.07) is 7.82. The molecular formula is C13H15NO2S2. The van der Waals surface area contributed by atoms with Gasteiger partial charge in [-0.25, -0.2) is 0 Å². The number of carbonyl (C=O) groups excluding carboxylic acids is 2. The molecule has 1 heterocycles. The Kier molecular flexibility index (Phi) is 6.01. The summed E-state index contributed by atoms with van der Waals surface area (Å²) >= 11 is 2.60. The predicted molar refractivity (Wildman–Crippen MR) is 78.7 cm³/mol. The first-order valence-corrected chi connectivity index (χ1v) is 7.62. The molecule has 1 saturated heterocycles. The lowest BCUT2D eigenvalue weighted by molar-refractivity contribution is -0.115. The molecule has 0 saturated carbocycles. The Morgan fingerprint density at radius 2 is 1.78 bits per heavy atom. The van der Waals surface area contributed by atoms with Crippen molar-refractivity contribution in [3.05, 3.63) is 34.7 Å². The van der Waals surface area contributed by atoms with Gasteiger partial charge < -0.3 is 0 Å². The van der Waals surface area contributed by atoms with Gasteiger partial charge in [0.1, 0.15) is 0 Å². The third-order valence-corrected chi connectivity index (χ3v) is 3.61. The number of imide groups is 1. The van der Waals surface area contributed by atoms with Crippen LogP contribution < -0.4 is 5.32 Å². The van der Waals surface area contributed by atoms with Gasteiger partial charge in [0.05, 0.1) is 4.91 Å². The highest BCUT2D eigenvalue weighted by molar-refractivity contribution is 8.18. The third kappa shape index (κ3) is 3.92. The lowest BCUT2D eigenvalue weighted by Crippen LogP contribution is -2.17. The molecule has 0 aliphatic carbocycles. The van der Waals surface area contributed by atoms with E-state index in [1.807, 2.05) is 44.4 Å². The van der Waals surface area contributed by atoms with Crippen LogP contribution in [-0.4, -0.2) is 17.4 Å². The van der Waals surface area contributed by atoms with Crippen molar-refractivity contribution in [3.8, 4) is 0 Å². The molecule has 1 N–H and O–H groups in total. The first-order valence-electron chi connectivity index (χ1n) is 5.58. The Balaban J connectivity index is 0.000000771. The maximum Gasteiger partial charge on any atom is 0.290 e. The van der Waals surface area contributed by atoms with Crippen LogP contribution in [0.25, 0.3) is 6.08 Å². The molecule has 18 heavy (non-hydrogen) atoms. The van der Waals surface area contributed by atoms with Gasteiger partial charge in [-0.3, -0.25) is 14.9 Å². The molecular weight excluding hydrogens is 266 g/mol. The highest BCUT2D eigenvalue weighted by Gasteiger charge is 2.24. The summed E-state index contributed by atoms with van der Waals surface area (Å²) in [5.74, 6) is -0.316. The van der Waals surface area contributed by atoms with Crippen molar-refractivity contribution in [2.45, 2.75) is 18.7 Å². The molecule has 1 aromatic rings. The van der Waals surface area contributed by atoms with E-state index in [0.29, 0.717) is 4.91 Å². The van der Waals surface area contributed by atoms with Gasteiger partial charge >= 0.3 is 0 Å². The van der Waals surface area contributed by atoms with Crippen LogP contribution in [-0.2, 0) is 4.79 Å². The molecule has 96 valence electrons. The third-order valence-electron chi connectivity index (χ3n) is 2.06. The summed E-state index contributed by atoms with van der Waals surface area (Å²) in [7, 11) is 0. The first kappa shape index (κ1) is 14.9. The molecule has 3 nitrogen and oxygen atoms in total. The highest BCUT2D eigenvalue weighted by atomic mass is 32.2. The van der Waals surface area contributed by atoms with Crippen LogP contribution in [0.3, 0.4) is 0 Å². The lowest BCUT2D eigenvalue weighted by Gasteiger charge is -1.97. The minimum atomic E-state index is -0.316. The number of carbonyl (C=O) groups is 2. The zero-order valence-electron chi connectivity index (χ0n) is 10.5. The van der Waals surface area contributed by atoms with Crippen LogP contribution in [0.4, 0.5) is 4.79 Å². The minimum Gasteiger partial charge on any atom is -0.282 e. The van der Waals surface area contributed by atoms with Crippen LogP contribution in [0.1, 0.15) is 19.4 Å². The number of rotatable bonds is 2. The summed E-state index contributed by atoms with van der Waals surface area (Å²) in [6.45, 7) is 4.00. The van der Waals surface area contributed by atoms with E-state index in [4.69, 9.17) is 0 Å². The summed E-state index contributed by atoms with van der Waals surface area (Å²) in [5, 5.41) is 1.91. The van der Waals surface area contributed by atoms with Gasteiger partial charge in [-0.1, -0.05) is 26.0 Å². The van der Waals surface area contributed by atoms with Crippen LogP contribution in [0.2, 0.25) is 0 Å². The number of nitrogens with one attached hydrogen (secondary N) is 1. The summed E-state index contributed by atoms with van der Waals surface area (Å²) < 4.78 is 0. The Hall–Kier alpha value is -1.20. The zero-order chi connectivity index (χ0) is 13.5. The molecule has 2 amide bonds. The van der Waals surface area contributed by atoms with E-state index in [1.54, 1.807) is 17.8 Å². The molecule has 0 unspecified atom stereocenters. The van der Waals surface area contributed by atoms with E-state index in [1.165, 1.54) is 4.90 Å². The predicted octanol–water partition coefficient (Wildman–Crippen LogP) is 3.76. The van der Waals surface area contributed by atoms with Gasteiger partial charge in [-0.05, 0) is 41.8 Å². The fraction of sp³-hybridized carbons (Fsp3) is 0.231. The number of hydrogen-bond acceptors (Lipinski definition) is 4. The van der Waals surface area contributed by atoms with E-state index in [-0.39, 0.29) is 11.1 Å². The van der Waals surface area contributed by atoms with Crippen molar-refractivity contribution in [1.82, 2.24) is 5.32 Å². The normalized spacial score (nSPS) is 16.3. The molecule has 0 radical (unpaired) electrons. The fourth-order valence-electron chi connectivity index (χ4n) is 1.27. The Bertz CT molecular complexity index is 466. The second kappa shape index (κ2) is 7.28. The van der Waals surface area contributed by atoms with E-state index >= 15 is 0 Å². The molecule has 0 atom stereocenters. The van der Waals surface area contributed by atoms with Crippen LogP contribution in [0.15, 0.2) is 34.1 Å². The van der Waals surface area contributed by atoms with Crippen LogP contribution in [0.5, 0.6) is 0 Å². The second-order valence-electron chi connectivity index (χ2n) is 3.13. The quantitative estimate of drug-likeness (QED) is 0.662. The van der Waals surface area contributed by atoms with Gasteiger partial charge in [0.2, 0.25) is 0 Å². The standard InChI is InChI=1S/C11H9NO2S2.C2H6/c1-15-8-4-2-7(3-5-8)6-9-10(13)12-11(14)16-9;1-2/h2-6H,1H3,(H,12,13,14);1-2H3/b9-6-;. The van der Waals surface area contributed by atoms with E-state index in [9.17, 15) is 9.59 Å². The first-order chi connectivity index (χ1) is 8.69. The van der Waals surface area contributed by atoms with E-state index < -0.39 is 0 Å². The molecule has 1 aromatic carbocycles. The second-order valence-corrected chi connectivity index (χ2v) is 5.02. The summed E-state index contributed by atoms with van der Waals surface area (Å²) in [4.78, 5) is 23.8. The molecule has 0 bridgehead atoms. The maximum atomic E-state index is 11.3. The fourth-order valence-corrected chi connectivity index (χ4v) is 2.36. The van der Waals surface area contributed by atoms with Crippen molar-refractivity contribution >= 4 is 40.7 Å². The van der Waals surface area contributed by atoms with Crippen molar-refractivity contribution in [2.75, 3.05) is 6.26 Å². The molecule has 0 aromatic heterocycles. The number of amides is 2. The average molecular weight is 281 g/mol. The Morgan fingerprint density at radius 1 is 1.17 bits per heavy atom. The average Bonchev–Trinajstić information content (AvgIpc) is 2.71. The largest absolute Gasteiger partial charge is 0.290 e. The van der Waals surface area contributed by atoms with Crippen molar-refractivity contribution in [1.29, 1.82) is 0 Å². The monoisotopic (exact) mass is 281 g/mol. The minimum absolute atomic E-state index is 0.308. The maximum absolute atomic E-state index is 11.3. The van der Waals surface area contributed by atoms with Crippen molar-refractivity contribution in [2.24, 2.45) is 0 Å². The van der Waals surface area contributed by atoms with E-state index in [2.05, 4.69) is 5.32 Å². The highest BCUT2D eigenvalue weighted by Crippen LogP contribution is 2.26. The van der Waals surface area contributed by atoms with Gasteiger partial charge in [0.15, 0.2) is 0 Å². The van der Waals surface area contributed by atoms with Crippen molar-refractivity contribution in [3.63, 3.8) is 0 Å². The number of thioether (sulfide) groups is 2. The summed E-state index contributed by atoms with van der Waals surface area (Å²) in [5.41, 5.74) is 0.921. The van der Waals surface area contributed by atoms with E-state index in [0.717, 1.165) is 17.3 Å². The molecule has 1 aliphatic rings. The van der Waals surface area contributed by atoms with Gasteiger partial charge in [-0.2, -0.15) is 0 Å². The SMILES string of the molecule is CC.CSc1ccc(/C=C2\SC(=O)NC2=O)cc1. The molecule has 2 rings (SSSR count). The van der Waals surface area contributed by atoms with Crippen LogP contribution in [0, 0.1) is 0 Å². The van der Waals surface area contributed by atoms with Gasteiger partial charge in [0.25, 0.3) is 11.1 Å². The van der Waals surface area contributed by atoms with Crippen molar-refractivity contribution < 1.29 is 9.59 Å². The smallest absolute Gasteiger partial charge is 0.282 e. The molecule has 1 fully saturated rings. The number of benzene rings is 1. The van der Waals surface area contributed by atoms with Gasteiger partial charge in [0, 0.05) is 4.90 Å². The molecule has 5 heteroatoms. The Labute approximate surface area is 115 Å². The zero-order valence-corrected chi connectivity index (χ0v) is 12.2. The summed E-state index contributed by atoms with van der Waals surface area (Å²) in [6.07, 6.45) is 3.72. The Morgan fingerprint density at radius 3 is 2.22 bits per heavy atom.